The zero-order chi connectivity index (χ0) is 23.4. The molecule has 0 aliphatic rings. The van der Waals surface area contributed by atoms with Crippen LogP contribution in [0.3, 0.4) is 0 Å². The quantitative estimate of drug-likeness (QED) is 0.188. The van der Waals surface area contributed by atoms with E-state index in [-0.39, 0.29) is 25.3 Å². The molecule has 0 saturated carbocycles. The molecule has 1 aromatic rings. The molecule has 0 aromatic carbocycles. The Labute approximate surface area is 177 Å². The van der Waals surface area contributed by atoms with Crippen LogP contribution in [0.2, 0.25) is 0 Å². The standard InChI is InChI=1S/C18H25N5O8/c19-13-6-4-10(9-21-13)15(26)20-8-2-1-3-11(16(27)28)22-18(31)23-12(17(29)30)5-7-14(24)25/h4,6,9,11-12H,1-3,5,7-8H2,(H2,19,21)(H,20,26)(H,24,25)(H,27,28)(H,29,30)(H2,22,23,31)/p+1. The second kappa shape index (κ2) is 12.6. The van der Waals surface area contributed by atoms with Gasteiger partial charge in [0.05, 0.1) is 5.56 Å². The number of anilines is 1. The van der Waals surface area contributed by atoms with Gasteiger partial charge in [0.1, 0.15) is 18.3 Å². The number of aromatic amines is 1. The van der Waals surface area contributed by atoms with E-state index >= 15 is 0 Å². The summed E-state index contributed by atoms with van der Waals surface area (Å²) in [5.41, 5.74) is 5.88. The summed E-state index contributed by atoms with van der Waals surface area (Å²) in [7, 11) is 0. The Bertz CT molecular complexity index is 799. The van der Waals surface area contributed by atoms with Crippen molar-refractivity contribution >= 4 is 35.7 Å². The molecule has 0 fully saturated rings. The van der Waals surface area contributed by atoms with Gasteiger partial charge in [-0.3, -0.25) is 15.3 Å². The van der Waals surface area contributed by atoms with Crippen molar-refractivity contribution in [2.75, 3.05) is 12.3 Å². The van der Waals surface area contributed by atoms with Gasteiger partial charge in [0.15, 0.2) is 0 Å². The lowest BCUT2D eigenvalue weighted by Gasteiger charge is -2.18. The Morgan fingerprint density at radius 2 is 1.55 bits per heavy atom. The van der Waals surface area contributed by atoms with Gasteiger partial charge in [-0.1, -0.05) is 0 Å². The molecule has 2 atom stereocenters. The number of aromatic nitrogens is 1. The van der Waals surface area contributed by atoms with Gasteiger partial charge < -0.3 is 31.3 Å². The molecule has 31 heavy (non-hydrogen) atoms. The van der Waals surface area contributed by atoms with Crippen LogP contribution in [0.15, 0.2) is 18.3 Å². The highest BCUT2D eigenvalue weighted by molar-refractivity contribution is 5.93. The molecule has 3 amide bonds. The van der Waals surface area contributed by atoms with E-state index in [1.807, 2.05) is 0 Å². The Balaban J connectivity index is 2.41. The van der Waals surface area contributed by atoms with Crippen LogP contribution in [0.4, 0.5) is 10.6 Å². The van der Waals surface area contributed by atoms with Crippen molar-refractivity contribution in [2.45, 2.75) is 44.2 Å². The summed E-state index contributed by atoms with van der Waals surface area (Å²) in [6.07, 6.45) is 1.47. The van der Waals surface area contributed by atoms with E-state index in [0.717, 1.165) is 0 Å². The highest BCUT2D eigenvalue weighted by atomic mass is 16.4. The molecule has 0 aliphatic heterocycles. The van der Waals surface area contributed by atoms with Crippen molar-refractivity contribution < 1.29 is 44.3 Å². The van der Waals surface area contributed by atoms with Crippen molar-refractivity contribution in [2.24, 2.45) is 0 Å². The van der Waals surface area contributed by atoms with Crippen LogP contribution in [-0.2, 0) is 14.4 Å². The summed E-state index contributed by atoms with van der Waals surface area (Å²) in [5.74, 6) is -3.89. The summed E-state index contributed by atoms with van der Waals surface area (Å²) in [5, 5.41) is 33.7. The molecule has 170 valence electrons. The van der Waals surface area contributed by atoms with Crippen molar-refractivity contribution in [1.82, 2.24) is 16.0 Å². The normalized spacial score (nSPS) is 12.3. The Kier molecular flexibility index (Phi) is 10.2. The molecule has 0 spiro atoms. The van der Waals surface area contributed by atoms with Crippen molar-refractivity contribution in [1.29, 1.82) is 0 Å². The number of nitrogens with one attached hydrogen (secondary N) is 4. The predicted molar refractivity (Wildman–Crippen MR) is 105 cm³/mol. The number of carbonyl (C=O) groups is 5. The summed E-state index contributed by atoms with van der Waals surface area (Å²) < 4.78 is 0. The number of hydrogen-bond donors (Lipinski definition) is 7. The van der Waals surface area contributed by atoms with Crippen LogP contribution in [0.1, 0.15) is 42.5 Å². The van der Waals surface area contributed by atoms with Gasteiger partial charge in [0.25, 0.3) is 11.7 Å². The van der Waals surface area contributed by atoms with E-state index in [0.29, 0.717) is 24.2 Å². The summed E-state index contributed by atoms with van der Waals surface area (Å²) in [6, 6.07) is -0.689. The Hall–Kier alpha value is -3.90. The number of aliphatic carboxylic acids is 3. The zero-order valence-electron chi connectivity index (χ0n) is 16.6. The summed E-state index contributed by atoms with van der Waals surface area (Å²) >= 11 is 0. The van der Waals surface area contributed by atoms with Crippen LogP contribution >= 0.6 is 0 Å². The molecule has 0 saturated heterocycles. The molecular formula is C18H26N5O8+. The maximum Gasteiger partial charge on any atom is 0.326 e. The SMILES string of the molecule is Nc1ccc(C(=O)NCCCCC(NC(=O)NC(CCC(=O)O)C(=O)O)C(=O)O)c[nH+]1. The highest BCUT2D eigenvalue weighted by Gasteiger charge is 2.24. The van der Waals surface area contributed by atoms with Crippen LogP contribution < -0.4 is 26.7 Å². The van der Waals surface area contributed by atoms with Crippen LogP contribution in [-0.4, -0.2) is 63.8 Å². The van der Waals surface area contributed by atoms with E-state index in [1.54, 1.807) is 12.1 Å². The lowest BCUT2D eigenvalue weighted by molar-refractivity contribution is -0.360. The number of hydrogen-bond acceptors (Lipinski definition) is 6. The molecule has 1 aromatic heterocycles. The maximum atomic E-state index is 11.9. The minimum absolute atomic E-state index is 0.0428. The molecule has 9 N–H and O–H groups in total. The molecule has 1 rings (SSSR count). The molecule has 1 heterocycles. The van der Waals surface area contributed by atoms with Crippen molar-refractivity contribution in [3.63, 3.8) is 0 Å². The van der Waals surface area contributed by atoms with Crippen molar-refractivity contribution in [3.8, 4) is 0 Å². The number of rotatable bonds is 13. The fourth-order valence-electron chi connectivity index (χ4n) is 2.50. The second-order valence-corrected chi connectivity index (χ2v) is 6.62. The topological polar surface area (TPSA) is 222 Å². The number of nitrogen functional groups attached to an aromatic ring is 1. The maximum absolute atomic E-state index is 11.9. The molecule has 0 aliphatic carbocycles. The third-order valence-electron chi connectivity index (χ3n) is 4.16. The van der Waals surface area contributed by atoms with Gasteiger partial charge in [-0.2, -0.15) is 0 Å². The second-order valence-electron chi connectivity index (χ2n) is 6.62. The van der Waals surface area contributed by atoms with Crippen LogP contribution in [0.25, 0.3) is 0 Å². The number of H-pyrrole nitrogens is 1. The number of carboxylic acid groups (broad SMARTS) is 3. The molecule has 2 unspecified atom stereocenters. The zero-order valence-corrected chi connectivity index (χ0v) is 16.6. The summed E-state index contributed by atoms with van der Waals surface area (Å²) in [4.78, 5) is 59.5. The number of unbranched alkanes of at least 4 members (excludes halogenated alkanes) is 1. The third kappa shape index (κ3) is 9.92. The first kappa shape index (κ1) is 25.1. The highest BCUT2D eigenvalue weighted by Crippen LogP contribution is 2.03. The smallest absolute Gasteiger partial charge is 0.326 e. The number of carboxylic acids is 3. The first-order valence-corrected chi connectivity index (χ1v) is 9.40. The van der Waals surface area contributed by atoms with Crippen molar-refractivity contribution in [3.05, 3.63) is 23.9 Å². The van der Waals surface area contributed by atoms with Gasteiger partial charge in [-0.05, 0) is 31.7 Å². The Morgan fingerprint density at radius 3 is 2.06 bits per heavy atom. The number of pyridine rings is 1. The number of amides is 3. The average Bonchev–Trinajstić information content (AvgIpc) is 2.69. The largest absolute Gasteiger partial charge is 0.481 e. The number of carbonyl (C=O) groups excluding carboxylic acids is 2. The Morgan fingerprint density at radius 1 is 0.935 bits per heavy atom. The van der Waals surface area contributed by atoms with Gasteiger partial charge in [0, 0.05) is 19.0 Å². The predicted octanol–water partition coefficient (Wildman–Crippen LogP) is -0.947. The molecule has 0 bridgehead atoms. The van der Waals surface area contributed by atoms with Gasteiger partial charge in [-0.25, -0.2) is 19.4 Å². The molecule has 13 heteroatoms. The first-order chi connectivity index (χ1) is 14.6. The minimum atomic E-state index is -1.47. The summed E-state index contributed by atoms with van der Waals surface area (Å²) in [6.45, 7) is 0.276. The van der Waals surface area contributed by atoms with Gasteiger partial charge in [-0.15, -0.1) is 0 Å². The van der Waals surface area contributed by atoms with Crippen LogP contribution in [0, 0.1) is 0 Å². The van der Waals surface area contributed by atoms with Crippen LogP contribution in [0.5, 0.6) is 0 Å². The number of nitrogens with two attached hydrogens (primary N) is 1. The average molecular weight is 440 g/mol. The lowest BCUT2D eigenvalue weighted by Crippen LogP contribution is -2.51. The number of urea groups is 1. The third-order valence-corrected chi connectivity index (χ3v) is 4.16. The van der Waals surface area contributed by atoms with E-state index in [9.17, 15) is 29.1 Å². The fourth-order valence-corrected chi connectivity index (χ4v) is 2.50. The lowest BCUT2D eigenvalue weighted by atomic mass is 10.1. The molecular weight excluding hydrogens is 414 g/mol. The molecule has 0 radical (unpaired) electrons. The van der Waals surface area contributed by atoms with E-state index in [2.05, 4.69) is 20.9 Å². The van der Waals surface area contributed by atoms with E-state index in [4.69, 9.17) is 15.9 Å². The van der Waals surface area contributed by atoms with Gasteiger partial charge >= 0.3 is 23.9 Å². The minimum Gasteiger partial charge on any atom is -0.481 e. The monoisotopic (exact) mass is 440 g/mol. The fraction of sp³-hybridized carbons (Fsp3) is 0.444. The molecule has 13 nitrogen and oxygen atoms in total. The first-order valence-electron chi connectivity index (χ1n) is 9.40. The van der Waals surface area contributed by atoms with E-state index < -0.39 is 42.4 Å². The van der Waals surface area contributed by atoms with E-state index in [1.165, 1.54) is 6.20 Å². The van der Waals surface area contributed by atoms with Gasteiger partial charge in [0.2, 0.25) is 0 Å².